The fourth-order valence-corrected chi connectivity index (χ4v) is 1.98. The van der Waals surface area contributed by atoms with Gasteiger partial charge in [-0.15, -0.1) is 0 Å². The van der Waals surface area contributed by atoms with Crippen molar-refractivity contribution in [2.75, 3.05) is 7.11 Å². The van der Waals surface area contributed by atoms with Crippen LogP contribution in [-0.2, 0) is 0 Å². The molecule has 0 saturated carbocycles. The summed E-state index contributed by atoms with van der Waals surface area (Å²) in [5, 5.41) is 13.5. The minimum absolute atomic E-state index is 0.0147. The summed E-state index contributed by atoms with van der Waals surface area (Å²) < 4.78 is 5.63. The number of phenols is 1. The highest BCUT2D eigenvalue weighted by atomic mass is 79.9. The third kappa shape index (κ3) is 3.79. The zero-order valence-corrected chi connectivity index (χ0v) is 12.7. The molecule has 0 spiro atoms. The fourth-order valence-electron chi connectivity index (χ4n) is 1.54. The van der Waals surface area contributed by atoms with E-state index < -0.39 is 0 Å². The molecule has 0 saturated heterocycles. The number of amides is 1. The molecule has 2 N–H and O–H groups in total. The van der Waals surface area contributed by atoms with Crippen molar-refractivity contribution in [2.24, 2.45) is 5.10 Å². The van der Waals surface area contributed by atoms with E-state index in [1.54, 1.807) is 24.4 Å². The van der Waals surface area contributed by atoms with Gasteiger partial charge in [0.2, 0.25) is 0 Å². The van der Waals surface area contributed by atoms with Crippen molar-refractivity contribution in [1.29, 1.82) is 0 Å². The summed E-state index contributed by atoms with van der Waals surface area (Å²) in [6.45, 7) is 0. The van der Waals surface area contributed by atoms with Crippen LogP contribution < -0.4 is 10.2 Å². The molecule has 0 fully saturated rings. The van der Waals surface area contributed by atoms with Crippen LogP contribution in [0.2, 0.25) is 0 Å². The number of halogens is 1. The Labute approximate surface area is 129 Å². The predicted molar refractivity (Wildman–Crippen MR) is 81.7 cm³/mol. The number of nitrogens with one attached hydrogen (secondary N) is 1. The van der Waals surface area contributed by atoms with Gasteiger partial charge in [0, 0.05) is 22.4 Å². The predicted octanol–water partition coefficient (Wildman–Crippen LogP) is 2.32. The maximum absolute atomic E-state index is 11.8. The van der Waals surface area contributed by atoms with Crippen LogP contribution >= 0.6 is 15.9 Å². The van der Waals surface area contributed by atoms with Crippen LogP contribution in [0.5, 0.6) is 11.5 Å². The van der Waals surface area contributed by atoms with Crippen LogP contribution in [0, 0.1) is 0 Å². The summed E-state index contributed by atoms with van der Waals surface area (Å²) >= 11 is 3.29. The molecule has 2 aromatic rings. The van der Waals surface area contributed by atoms with E-state index in [0.717, 1.165) is 0 Å². The number of methoxy groups -OCH3 is 1. The molecule has 1 aromatic carbocycles. The number of hydrogen-bond acceptors (Lipinski definition) is 5. The number of carbonyl (C=O) groups is 1. The summed E-state index contributed by atoms with van der Waals surface area (Å²) in [6.07, 6.45) is 4.48. The Bertz CT molecular complexity index is 675. The molecule has 6 nitrogen and oxygen atoms in total. The molecular weight excluding hydrogens is 338 g/mol. The van der Waals surface area contributed by atoms with Gasteiger partial charge < -0.3 is 9.84 Å². The molecule has 2 rings (SSSR count). The first-order valence-corrected chi connectivity index (χ1v) is 6.71. The van der Waals surface area contributed by atoms with Gasteiger partial charge in [-0.1, -0.05) is 0 Å². The van der Waals surface area contributed by atoms with Gasteiger partial charge in [-0.05, 0) is 40.2 Å². The summed E-state index contributed by atoms with van der Waals surface area (Å²) in [7, 11) is 1.45. The van der Waals surface area contributed by atoms with Crippen molar-refractivity contribution in [3.63, 3.8) is 0 Å². The van der Waals surface area contributed by atoms with E-state index in [1.165, 1.54) is 25.6 Å². The lowest BCUT2D eigenvalue weighted by Crippen LogP contribution is -2.17. The molecule has 0 atom stereocenters. The van der Waals surface area contributed by atoms with Crippen LogP contribution in [0.1, 0.15) is 15.9 Å². The molecule has 0 aliphatic heterocycles. The third-order valence-electron chi connectivity index (χ3n) is 2.59. The van der Waals surface area contributed by atoms with Crippen molar-refractivity contribution >= 4 is 28.1 Å². The van der Waals surface area contributed by atoms with Crippen molar-refractivity contribution < 1.29 is 14.6 Å². The first kappa shape index (κ1) is 15.0. The Hall–Kier alpha value is -2.41. The van der Waals surface area contributed by atoms with Gasteiger partial charge >= 0.3 is 0 Å². The smallest absolute Gasteiger partial charge is 0.272 e. The zero-order chi connectivity index (χ0) is 15.2. The first-order valence-electron chi connectivity index (χ1n) is 5.91. The molecule has 1 aromatic heterocycles. The highest BCUT2D eigenvalue weighted by Gasteiger charge is 2.07. The van der Waals surface area contributed by atoms with Crippen LogP contribution in [0.4, 0.5) is 0 Å². The number of nitrogens with zero attached hydrogens (tertiary/aromatic N) is 2. The number of pyridine rings is 1. The maximum Gasteiger partial charge on any atom is 0.272 e. The lowest BCUT2D eigenvalue weighted by atomic mass is 10.2. The number of hydrazone groups is 1. The Morgan fingerprint density at radius 3 is 3.00 bits per heavy atom. The number of ether oxygens (including phenoxy) is 1. The normalized spacial score (nSPS) is 10.6. The monoisotopic (exact) mass is 349 g/mol. The van der Waals surface area contributed by atoms with E-state index in [9.17, 15) is 9.90 Å². The molecule has 0 aliphatic rings. The van der Waals surface area contributed by atoms with Gasteiger partial charge in [-0.25, -0.2) is 5.43 Å². The number of rotatable bonds is 4. The average molecular weight is 350 g/mol. The number of phenolic OH excluding ortho intramolecular Hbond substituents is 1. The van der Waals surface area contributed by atoms with Gasteiger partial charge in [-0.2, -0.15) is 5.10 Å². The minimum atomic E-state index is -0.360. The molecule has 108 valence electrons. The summed E-state index contributed by atoms with van der Waals surface area (Å²) in [5.74, 6) is -0.0274. The molecule has 1 heterocycles. The lowest BCUT2D eigenvalue weighted by Gasteiger charge is -2.06. The largest absolute Gasteiger partial charge is 0.504 e. The van der Waals surface area contributed by atoms with Gasteiger partial charge in [-0.3, -0.25) is 9.78 Å². The second-order valence-corrected chi connectivity index (χ2v) is 4.84. The summed E-state index contributed by atoms with van der Waals surface area (Å²) in [5.41, 5.74) is 3.46. The van der Waals surface area contributed by atoms with E-state index in [1.807, 2.05) is 0 Å². The van der Waals surface area contributed by atoms with Crippen molar-refractivity contribution in [3.05, 3.63) is 52.3 Å². The van der Waals surface area contributed by atoms with Crippen LogP contribution in [-0.4, -0.2) is 29.3 Å². The van der Waals surface area contributed by atoms with Gasteiger partial charge in [0.05, 0.1) is 18.9 Å². The molecule has 0 aliphatic carbocycles. The standard InChI is InChI=1S/C14H12BrN3O3/c1-21-13-5-10(11(15)6-12(13)19)8-17-18-14(20)9-3-2-4-16-7-9/h2-8,19H,1H3,(H,18,20)/b17-8+. The molecular formula is C14H12BrN3O3. The first-order chi connectivity index (χ1) is 10.1. The Kier molecular flexibility index (Phi) is 4.89. The molecule has 21 heavy (non-hydrogen) atoms. The van der Waals surface area contributed by atoms with E-state index in [4.69, 9.17) is 4.74 Å². The van der Waals surface area contributed by atoms with Gasteiger partial charge in [0.15, 0.2) is 11.5 Å². The molecule has 0 bridgehead atoms. The average Bonchev–Trinajstić information content (AvgIpc) is 2.50. The summed E-state index contributed by atoms with van der Waals surface area (Å²) in [6, 6.07) is 6.39. The summed E-state index contributed by atoms with van der Waals surface area (Å²) in [4.78, 5) is 15.6. The number of carbonyl (C=O) groups excluding carboxylic acids is 1. The van der Waals surface area contributed by atoms with Crippen LogP contribution in [0.15, 0.2) is 46.2 Å². The SMILES string of the molecule is COc1cc(/C=N/NC(=O)c2cccnc2)c(Br)cc1O. The molecule has 0 radical (unpaired) electrons. The number of benzene rings is 1. The van der Waals surface area contributed by atoms with Crippen molar-refractivity contribution in [1.82, 2.24) is 10.4 Å². The lowest BCUT2D eigenvalue weighted by molar-refractivity contribution is 0.0955. The third-order valence-corrected chi connectivity index (χ3v) is 3.28. The van der Waals surface area contributed by atoms with Crippen molar-refractivity contribution in [2.45, 2.75) is 0 Å². The highest BCUT2D eigenvalue weighted by molar-refractivity contribution is 9.10. The van der Waals surface area contributed by atoms with Gasteiger partial charge in [0.25, 0.3) is 5.91 Å². The van der Waals surface area contributed by atoms with E-state index in [-0.39, 0.29) is 11.7 Å². The second kappa shape index (κ2) is 6.85. The quantitative estimate of drug-likeness (QED) is 0.655. The maximum atomic E-state index is 11.8. The fraction of sp³-hybridized carbons (Fsp3) is 0.0714. The number of aromatic nitrogens is 1. The van der Waals surface area contributed by atoms with Crippen molar-refractivity contribution in [3.8, 4) is 11.5 Å². The number of hydrogen-bond donors (Lipinski definition) is 2. The Morgan fingerprint density at radius 2 is 2.33 bits per heavy atom. The highest BCUT2D eigenvalue weighted by Crippen LogP contribution is 2.31. The van der Waals surface area contributed by atoms with E-state index in [0.29, 0.717) is 21.3 Å². The molecule has 7 heteroatoms. The second-order valence-electron chi connectivity index (χ2n) is 3.99. The van der Waals surface area contributed by atoms with E-state index >= 15 is 0 Å². The van der Waals surface area contributed by atoms with E-state index in [2.05, 4.69) is 31.4 Å². The van der Waals surface area contributed by atoms with Crippen LogP contribution in [0.3, 0.4) is 0 Å². The Morgan fingerprint density at radius 1 is 1.52 bits per heavy atom. The topological polar surface area (TPSA) is 83.8 Å². The Balaban J connectivity index is 2.10. The van der Waals surface area contributed by atoms with Crippen LogP contribution in [0.25, 0.3) is 0 Å². The zero-order valence-electron chi connectivity index (χ0n) is 11.1. The molecule has 0 unspecified atom stereocenters. The van der Waals surface area contributed by atoms with Gasteiger partial charge in [0.1, 0.15) is 0 Å². The number of aromatic hydroxyl groups is 1. The molecule has 1 amide bonds. The minimum Gasteiger partial charge on any atom is -0.504 e.